The Labute approximate surface area is 106 Å². The molecular formula is C13H16N2O2S. The smallest absolute Gasteiger partial charge is 0.150 e. The van der Waals surface area contributed by atoms with Gasteiger partial charge in [-0.3, -0.25) is 0 Å². The maximum atomic E-state index is 11.5. The van der Waals surface area contributed by atoms with Crippen molar-refractivity contribution in [1.29, 1.82) is 0 Å². The van der Waals surface area contributed by atoms with E-state index in [1.807, 2.05) is 30.5 Å². The van der Waals surface area contributed by atoms with Crippen LogP contribution < -0.4 is 5.73 Å². The Morgan fingerprint density at radius 3 is 2.83 bits per heavy atom. The Kier molecular flexibility index (Phi) is 2.68. The summed E-state index contributed by atoms with van der Waals surface area (Å²) in [6.07, 6.45) is 2.57. The number of hydrogen-bond acceptors (Lipinski definition) is 3. The lowest BCUT2D eigenvalue weighted by atomic mass is 9.93. The summed E-state index contributed by atoms with van der Waals surface area (Å²) in [7, 11) is -2.88. The fourth-order valence-corrected chi connectivity index (χ4v) is 4.59. The lowest BCUT2D eigenvalue weighted by molar-refractivity contribution is 0.482. The van der Waals surface area contributed by atoms with Crippen LogP contribution in [0.15, 0.2) is 30.5 Å². The van der Waals surface area contributed by atoms with Crippen LogP contribution in [0, 0.1) is 5.92 Å². The highest BCUT2D eigenvalue weighted by Crippen LogP contribution is 2.33. The number of H-pyrrole nitrogens is 1. The van der Waals surface area contributed by atoms with E-state index in [9.17, 15) is 8.42 Å². The number of aromatic amines is 1. The molecule has 4 nitrogen and oxygen atoms in total. The number of rotatable bonds is 2. The number of benzene rings is 1. The Morgan fingerprint density at radius 2 is 2.11 bits per heavy atom. The minimum atomic E-state index is -2.88. The van der Waals surface area contributed by atoms with Gasteiger partial charge in [0.25, 0.3) is 0 Å². The van der Waals surface area contributed by atoms with E-state index in [-0.39, 0.29) is 23.5 Å². The molecule has 0 bridgehead atoms. The molecule has 5 heteroatoms. The molecule has 3 N–H and O–H groups in total. The highest BCUT2D eigenvalue weighted by atomic mass is 32.2. The molecule has 2 unspecified atom stereocenters. The predicted octanol–water partition coefficient (Wildman–Crippen LogP) is 1.60. The van der Waals surface area contributed by atoms with Crippen LogP contribution >= 0.6 is 0 Å². The Hall–Kier alpha value is -1.33. The number of nitrogens with one attached hydrogen (secondary N) is 1. The molecule has 96 valence electrons. The summed E-state index contributed by atoms with van der Waals surface area (Å²) in [5.74, 6) is 0.524. The van der Waals surface area contributed by atoms with Gasteiger partial charge in [0, 0.05) is 23.1 Å². The average Bonchev–Trinajstić information content (AvgIpc) is 2.91. The molecule has 2 atom stereocenters. The van der Waals surface area contributed by atoms with Gasteiger partial charge in [-0.15, -0.1) is 0 Å². The monoisotopic (exact) mass is 264 g/mol. The Balaban J connectivity index is 1.95. The number of fused-ring (bicyclic) bond motifs is 1. The molecule has 1 aliphatic rings. The van der Waals surface area contributed by atoms with Crippen LogP contribution in [0.1, 0.15) is 18.0 Å². The van der Waals surface area contributed by atoms with Crippen LogP contribution in [0.4, 0.5) is 0 Å². The van der Waals surface area contributed by atoms with Crippen molar-refractivity contribution in [3.8, 4) is 0 Å². The molecular weight excluding hydrogens is 248 g/mol. The van der Waals surface area contributed by atoms with Gasteiger partial charge in [0.05, 0.1) is 11.5 Å². The van der Waals surface area contributed by atoms with E-state index in [1.54, 1.807) is 0 Å². The minimum absolute atomic E-state index is 0.0363. The Morgan fingerprint density at radius 1 is 1.33 bits per heavy atom. The fourth-order valence-electron chi connectivity index (χ4n) is 2.73. The summed E-state index contributed by atoms with van der Waals surface area (Å²) in [6.45, 7) is 0. The molecule has 18 heavy (non-hydrogen) atoms. The van der Waals surface area contributed by atoms with E-state index in [0.29, 0.717) is 6.42 Å². The first-order valence-corrected chi connectivity index (χ1v) is 7.91. The van der Waals surface area contributed by atoms with Crippen molar-refractivity contribution in [3.05, 3.63) is 36.0 Å². The predicted molar refractivity (Wildman–Crippen MR) is 72.0 cm³/mol. The minimum Gasteiger partial charge on any atom is -0.361 e. The molecule has 0 aliphatic carbocycles. The van der Waals surface area contributed by atoms with Crippen molar-refractivity contribution in [1.82, 2.24) is 4.98 Å². The molecule has 0 spiro atoms. The third-order valence-electron chi connectivity index (χ3n) is 3.76. The number of aromatic nitrogens is 1. The topological polar surface area (TPSA) is 76.0 Å². The summed E-state index contributed by atoms with van der Waals surface area (Å²) in [4.78, 5) is 3.18. The maximum absolute atomic E-state index is 11.5. The van der Waals surface area contributed by atoms with Crippen molar-refractivity contribution in [2.45, 2.75) is 12.5 Å². The first kappa shape index (κ1) is 11.7. The maximum Gasteiger partial charge on any atom is 0.150 e. The zero-order valence-corrected chi connectivity index (χ0v) is 10.8. The second kappa shape index (κ2) is 4.10. The number of sulfone groups is 1. The van der Waals surface area contributed by atoms with Crippen LogP contribution in [0.3, 0.4) is 0 Å². The molecule has 1 aromatic carbocycles. The largest absolute Gasteiger partial charge is 0.361 e. The quantitative estimate of drug-likeness (QED) is 0.865. The molecule has 1 saturated heterocycles. The summed E-state index contributed by atoms with van der Waals surface area (Å²) >= 11 is 0. The van der Waals surface area contributed by atoms with Crippen molar-refractivity contribution in [2.24, 2.45) is 11.7 Å². The molecule has 2 aromatic rings. The highest BCUT2D eigenvalue weighted by Gasteiger charge is 2.33. The normalized spacial score (nSPS) is 24.4. The lowest BCUT2D eigenvalue weighted by Gasteiger charge is -2.17. The first-order chi connectivity index (χ1) is 8.57. The highest BCUT2D eigenvalue weighted by molar-refractivity contribution is 7.91. The van der Waals surface area contributed by atoms with Gasteiger partial charge in [-0.1, -0.05) is 18.2 Å². The van der Waals surface area contributed by atoms with Gasteiger partial charge in [0.2, 0.25) is 0 Å². The number of hydrogen-bond donors (Lipinski definition) is 2. The summed E-state index contributed by atoms with van der Waals surface area (Å²) in [6, 6.07) is 7.74. The van der Waals surface area contributed by atoms with Gasteiger partial charge in [-0.05, 0) is 24.0 Å². The second-order valence-electron chi connectivity index (χ2n) is 4.98. The van der Waals surface area contributed by atoms with Gasteiger partial charge < -0.3 is 10.7 Å². The van der Waals surface area contributed by atoms with Gasteiger partial charge in [0.15, 0.2) is 9.84 Å². The molecule has 3 rings (SSSR count). The zero-order valence-electron chi connectivity index (χ0n) is 9.96. The second-order valence-corrected chi connectivity index (χ2v) is 7.21. The van der Waals surface area contributed by atoms with Crippen LogP contribution in [0.2, 0.25) is 0 Å². The van der Waals surface area contributed by atoms with Gasteiger partial charge in [0.1, 0.15) is 0 Å². The molecule has 1 aliphatic heterocycles. The van der Waals surface area contributed by atoms with Gasteiger partial charge >= 0.3 is 0 Å². The molecule has 0 amide bonds. The van der Waals surface area contributed by atoms with Crippen molar-refractivity contribution in [3.63, 3.8) is 0 Å². The van der Waals surface area contributed by atoms with Gasteiger partial charge in [-0.25, -0.2) is 8.42 Å². The number of para-hydroxylation sites is 1. The van der Waals surface area contributed by atoms with Crippen LogP contribution in [-0.4, -0.2) is 24.9 Å². The molecule has 1 aromatic heterocycles. The number of nitrogens with two attached hydrogens (primary N) is 1. The van der Waals surface area contributed by atoms with E-state index >= 15 is 0 Å². The first-order valence-electron chi connectivity index (χ1n) is 6.09. The van der Waals surface area contributed by atoms with Crippen molar-refractivity contribution >= 4 is 20.7 Å². The van der Waals surface area contributed by atoms with Crippen LogP contribution in [0.25, 0.3) is 10.9 Å². The van der Waals surface area contributed by atoms with E-state index in [2.05, 4.69) is 4.98 Å². The third-order valence-corrected chi connectivity index (χ3v) is 5.55. The molecule has 0 saturated carbocycles. The lowest BCUT2D eigenvalue weighted by Crippen LogP contribution is -2.22. The average molecular weight is 264 g/mol. The van der Waals surface area contributed by atoms with E-state index in [1.165, 1.54) is 0 Å². The summed E-state index contributed by atoms with van der Waals surface area (Å²) < 4.78 is 23.0. The van der Waals surface area contributed by atoms with E-state index in [0.717, 1.165) is 16.5 Å². The molecule has 0 radical (unpaired) electrons. The van der Waals surface area contributed by atoms with E-state index < -0.39 is 9.84 Å². The van der Waals surface area contributed by atoms with Crippen molar-refractivity contribution in [2.75, 3.05) is 11.5 Å². The zero-order chi connectivity index (χ0) is 12.8. The summed E-state index contributed by atoms with van der Waals surface area (Å²) in [5.41, 5.74) is 8.31. The van der Waals surface area contributed by atoms with Crippen LogP contribution in [-0.2, 0) is 9.84 Å². The Bertz CT molecular complexity index is 675. The van der Waals surface area contributed by atoms with Crippen molar-refractivity contribution < 1.29 is 8.42 Å². The fraction of sp³-hybridized carbons (Fsp3) is 0.385. The van der Waals surface area contributed by atoms with Gasteiger partial charge in [-0.2, -0.15) is 0 Å². The SMILES string of the molecule is NC(c1c[nH]c2ccccc12)C1CCS(=O)(=O)C1. The van der Waals surface area contributed by atoms with Crippen LogP contribution in [0.5, 0.6) is 0 Å². The van der Waals surface area contributed by atoms with E-state index in [4.69, 9.17) is 5.73 Å². The third kappa shape index (κ3) is 1.93. The summed E-state index contributed by atoms with van der Waals surface area (Å²) in [5, 5.41) is 1.09. The molecule has 1 fully saturated rings. The molecule has 2 heterocycles. The standard InChI is InChI=1S/C13H16N2O2S/c14-13(9-5-6-18(16,17)8-9)11-7-15-12-4-2-1-3-10(11)12/h1-4,7,9,13,15H,5-6,8,14H2.